The first kappa shape index (κ1) is 22.2. The first-order chi connectivity index (χ1) is 15.2. The summed E-state index contributed by atoms with van der Waals surface area (Å²) in [4.78, 5) is 14.2. The number of morpholine rings is 1. The number of hydrogen-bond donors (Lipinski definition) is 2. The van der Waals surface area contributed by atoms with Crippen molar-refractivity contribution in [1.29, 1.82) is 0 Å². The summed E-state index contributed by atoms with van der Waals surface area (Å²) in [5, 5.41) is 2.94. The summed E-state index contributed by atoms with van der Waals surface area (Å²) < 4.78 is 70.0. The minimum absolute atomic E-state index is 0.00364. The lowest BCUT2D eigenvalue weighted by Gasteiger charge is -2.31. The topological polar surface area (TPSA) is 109 Å². The smallest absolute Gasteiger partial charge is 0.297 e. The van der Waals surface area contributed by atoms with Crippen LogP contribution in [0.5, 0.6) is 0 Å². The van der Waals surface area contributed by atoms with Crippen LogP contribution in [-0.2, 0) is 21.3 Å². The van der Waals surface area contributed by atoms with Gasteiger partial charge < -0.3 is 19.4 Å². The van der Waals surface area contributed by atoms with E-state index in [0.29, 0.717) is 44.0 Å². The van der Waals surface area contributed by atoms with Crippen LogP contribution < -0.4 is 15.6 Å². The predicted octanol–water partition coefficient (Wildman–Crippen LogP) is 2.76. The third-order valence-electron chi connectivity index (χ3n) is 5.16. The van der Waals surface area contributed by atoms with Gasteiger partial charge in [0.15, 0.2) is 5.43 Å². The Hall–Kier alpha value is -3.02. The van der Waals surface area contributed by atoms with Gasteiger partial charge in [-0.15, -0.1) is 0 Å². The third-order valence-corrected chi connectivity index (χ3v) is 5.97. The number of ether oxygens (including phenoxy) is 1. The zero-order valence-corrected chi connectivity index (χ0v) is 17.6. The number of nitrogens with one attached hydrogen (secondary N) is 1. The molecule has 1 aromatic rings. The molecular weight excluding hydrogens is 446 g/mol. The van der Waals surface area contributed by atoms with E-state index in [0.717, 1.165) is 30.5 Å². The van der Waals surface area contributed by atoms with Gasteiger partial charge >= 0.3 is 0 Å². The van der Waals surface area contributed by atoms with Crippen LogP contribution in [0, 0.1) is 11.6 Å². The largest absolute Gasteiger partial charge is 0.462 e. The van der Waals surface area contributed by atoms with Crippen molar-refractivity contribution in [3.8, 4) is 11.3 Å². The molecule has 0 bridgehead atoms. The minimum atomic E-state index is -4.56. The molecule has 170 valence electrons. The van der Waals surface area contributed by atoms with E-state index in [-0.39, 0.29) is 23.6 Å². The molecule has 4 rings (SSSR count). The van der Waals surface area contributed by atoms with E-state index in [4.69, 9.17) is 9.15 Å². The second-order valence-corrected chi connectivity index (χ2v) is 8.73. The molecule has 2 N–H and O–H groups in total. The molecule has 0 saturated carbocycles. The van der Waals surface area contributed by atoms with Crippen LogP contribution >= 0.6 is 0 Å². The molecule has 1 saturated heterocycles. The molecule has 1 aliphatic carbocycles. The number of rotatable bonds is 6. The van der Waals surface area contributed by atoms with Crippen LogP contribution in [0.2, 0.25) is 0 Å². The average molecular weight is 466 g/mol. The molecule has 2 aliphatic heterocycles. The van der Waals surface area contributed by atoms with E-state index < -0.39 is 32.1 Å². The molecule has 0 atom stereocenters. The summed E-state index contributed by atoms with van der Waals surface area (Å²) in [6.45, 7) is 2.30. The Morgan fingerprint density at radius 1 is 1.06 bits per heavy atom. The second-order valence-electron chi connectivity index (χ2n) is 7.31. The van der Waals surface area contributed by atoms with Crippen molar-refractivity contribution in [1.82, 2.24) is 0 Å². The van der Waals surface area contributed by atoms with Gasteiger partial charge in [0.2, 0.25) is 0 Å². The Kier molecular flexibility index (Phi) is 6.13. The van der Waals surface area contributed by atoms with Gasteiger partial charge in [-0.2, -0.15) is 8.42 Å². The van der Waals surface area contributed by atoms with E-state index in [1.165, 1.54) is 6.07 Å². The molecule has 8 nitrogen and oxygen atoms in total. The number of anilines is 2. The van der Waals surface area contributed by atoms with Crippen LogP contribution in [0.15, 0.2) is 50.7 Å². The van der Waals surface area contributed by atoms with Crippen LogP contribution in [-0.4, -0.2) is 45.8 Å². The fourth-order valence-electron chi connectivity index (χ4n) is 3.70. The van der Waals surface area contributed by atoms with E-state index in [9.17, 15) is 26.5 Å². The lowest BCUT2D eigenvalue weighted by atomic mass is 9.98. The van der Waals surface area contributed by atoms with E-state index in [2.05, 4.69) is 5.32 Å². The SMILES string of the molecule is O=c1cc(N2CCOCC2)c(CCNc2cc(F)cc(F)c2)c2occ(S(=O)(=O)O)cc1-2. The summed E-state index contributed by atoms with van der Waals surface area (Å²) in [6.07, 6.45) is 1.18. The lowest BCUT2D eigenvalue weighted by Crippen LogP contribution is -2.37. The van der Waals surface area contributed by atoms with E-state index in [1.807, 2.05) is 4.90 Å². The van der Waals surface area contributed by atoms with Gasteiger partial charge in [0.25, 0.3) is 10.1 Å². The van der Waals surface area contributed by atoms with Crippen molar-refractivity contribution in [3.05, 3.63) is 64.0 Å². The Morgan fingerprint density at radius 2 is 1.75 bits per heavy atom. The molecule has 0 unspecified atom stereocenters. The molecule has 32 heavy (non-hydrogen) atoms. The summed E-state index contributed by atoms with van der Waals surface area (Å²) in [5.74, 6) is -1.25. The van der Waals surface area contributed by atoms with Crippen molar-refractivity contribution in [2.45, 2.75) is 11.3 Å². The van der Waals surface area contributed by atoms with Crippen molar-refractivity contribution in [2.24, 2.45) is 0 Å². The fourth-order valence-corrected chi connectivity index (χ4v) is 4.13. The van der Waals surface area contributed by atoms with Crippen LogP contribution in [0.1, 0.15) is 5.56 Å². The lowest BCUT2D eigenvalue weighted by molar-refractivity contribution is 0.122. The molecule has 0 amide bonds. The average Bonchev–Trinajstić information content (AvgIpc) is 2.74. The molecular formula is C21H20F2N2O6S. The first-order valence-corrected chi connectivity index (χ1v) is 11.2. The molecule has 1 fully saturated rings. The van der Waals surface area contributed by atoms with Gasteiger partial charge in [-0.3, -0.25) is 9.35 Å². The van der Waals surface area contributed by atoms with Gasteiger partial charge in [0.05, 0.1) is 18.8 Å². The highest BCUT2D eigenvalue weighted by Gasteiger charge is 2.25. The van der Waals surface area contributed by atoms with Crippen LogP contribution in [0.4, 0.5) is 20.2 Å². The maximum absolute atomic E-state index is 13.5. The first-order valence-electron chi connectivity index (χ1n) is 9.81. The number of benzene rings is 2. The maximum Gasteiger partial charge on any atom is 0.297 e. The highest BCUT2D eigenvalue weighted by atomic mass is 32.2. The molecule has 1 aromatic carbocycles. The minimum Gasteiger partial charge on any atom is -0.462 e. The zero-order valence-electron chi connectivity index (χ0n) is 16.8. The van der Waals surface area contributed by atoms with Crippen molar-refractivity contribution in [3.63, 3.8) is 0 Å². The molecule has 0 radical (unpaired) electrons. The Bertz CT molecular complexity index is 1250. The van der Waals surface area contributed by atoms with Crippen LogP contribution in [0.3, 0.4) is 0 Å². The van der Waals surface area contributed by atoms with Gasteiger partial charge in [0, 0.05) is 48.7 Å². The summed E-state index contributed by atoms with van der Waals surface area (Å²) in [6, 6.07) is 5.56. The van der Waals surface area contributed by atoms with E-state index in [1.54, 1.807) is 0 Å². The predicted molar refractivity (Wildman–Crippen MR) is 113 cm³/mol. The van der Waals surface area contributed by atoms with Gasteiger partial charge in [-0.25, -0.2) is 8.78 Å². The quantitative estimate of drug-likeness (QED) is 0.534. The van der Waals surface area contributed by atoms with Gasteiger partial charge in [0.1, 0.15) is 28.6 Å². The van der Waals surface area contributed by atoms with Crippen molar-refractivity contribution >= 4 is 21.5 Å². The summed E-state index contributed by atoms with van der Waals surface area (Å²) >= 11 is 0. The molecule has 3 aliphatic rings. The van der Waals surface area contributed by atoms with Crippen molar-refractivity contribution < 1.29 is 30.9 Å². The van der Waals surface area contributed by atoms with E-state index >= 15 is 0 Å². The standard InChI is InChI=1S/C21H20F2N2O6S/c22-13-7-14(23)9-15(8-13)24-2-1-17-19(25-3-5-30-6-4-25)11-20(26)18-10-16(32(27,28)29)12-31-21(17)18/h7-12,24H,1-6H2,(H,27,28,29). The Labute approximate surface area is 182 Å². The number of fused-ring (bicyclic) bond motifs is 1. The monoisotopic (exact) mass is 466 g/mol. The Balaban J connectivity index is 1.73. The van der Waals surface area contributed by atoms with Gasteiger partial charge in [-0.05, 0) is 24.6 Å². The van der Waals surface area contributed by atoms with Crippen LogP contribution in [0.25, 0.3) is 11.3 Å². The third kappa shape index (κ3) is 4.74. The number of halogens is 2. The highest BCUT2D eigenvalue weighted by molar-refractivity contribution is 7.85. The molecule has 0 aromatic heterocycles. The fraction of sp³-hybridized carbons (Fsp3) is 0.286. The highest BCUT2D eigenvalue weighted by Crippen LogP contribution is 2.33. The maximum atomic E-state index is 13.5. The zero-order chi connectivity index (χ0) is 22.9. The number of nitrogens with zero attached hydrogens (tertiary/aromatic N) is 1. The summed E-state index contributed by atoms with van der Waals surface area (Å²) in [5.41, 5.74) is 1.03. The molecule has 0 spiro atoms. The Morgan fingerprint density at radius 3 is 2.41 bits per heavy atom. The molecule has 11 heteroatoms. The second kappa shape index (κ2) is 8.85. The van der Waals surface area contributed by atoms with Crippen molar-refractivity contribution in [2.75, 3.05) is 43.1 Å². The summed E-state index contributed by atoms with van der Waals surface area (Å²) in [7, 11) is -4.56. The normalized spacial score (nSPS) is 14.7. The molecule has 2 heterocycles. The number of hydrogen-bond acceptors (Lipinski definition) is 7. The van der Waals surface area contributed by atoms with Gasteiger partial charge in [-0.1, -0.05) is 0 Å².